The van der Waals surface area contributed by atoms with Crippen molar-refractivity contribution in [3.8, 4) is 0 Å². The van der Waals surface area contributed by atoms with E-state index in [9.17, 15) is 27.6 Å². The summed E-state index contributed by atoms with van der Waals surface area (Å²) < 4.78 is 25.4. The molecule has 0 spiro atoms. The van der Waals surface area contributed by atoms with E-state index < -0.39 is 49.9 Å². The van der Waals surface area contributed by atoms with Gasteiger partial charge in [0.2, 0.25) is 11.8 Å². The molecule has 34 heavy (non-hydrogen) atoms. The van der Waals surface area contributed by atoms with Crippen LogP contribution in [0.2, 0.25) is 0 Å². The molecule has 3 atom stereocenters. The summed E-state index contributed by atoms with van der Waals surface area (Å²) in [6.45, 7) is 3.43. The molecule has 0 saturated carbocycles. The first-order chi connectivity index (χ1) is 16.0. The number of rotatable bonds is 4. The number of thioether (sulfide) groups is 1. The maximum atomic E-state index is 13.5. The highest BCUT2D eigenvalue weighted by molar-refractivity contribution is 8.01. The fourth-order valence-electron chi connectivity index (χ4n) is 4.67. The molecule has 3 aliphatic rings. The van der Waals surface area contributed by atoms with Crippen LogP contribution >= 0.6 is 11.8 Å². The molecule has 2 aromatic carbocycles. The molecule has 9 nitrogen and oxygen atoms in total. The summed E-state index contributed by atoms with van der Waals surface area (Å²) in [4.78, 5) is 52.9. The number of imide groups is 1. The van der Waals surface area contributed by atoms with E-state index in [2.05, 4.69) is 5.32 Å². The number of sulfonamides is 1. The number of nitrogens with one attached hydrogen (secondary N) is 1. The van der Waals surface area contributed by atoms with Crippen molar-refractivity contribution in [3.05, 3.63) is 65.7 Å². The number of hydrogen-bond donors (Lipinski definition) is 1. The minimum absolute atomic E-state index is 0.0724. The molecule has 2 saturated heterocycles. The van der Waals surface area contributed by atoms with Crippen LogP contribution in [0.25, 0.3) is 0 Å². The molecule has 3 unspecified atom stereocenters. The van der Waals surface area contributed by atoms with Crippen LogP contribution in [0.4, 0.5) is 0 Å². The van der Waals surface area contributed by atoms with Gasteiger partial charge in [0.1, 0.15) is 22.4 Å². The number of carbonyl (C=O) groups excluding carboxylic acids is 4. The second-order valence-corrected chi connectivity index (χ2v) is 12.4. The second-order valence-electron chi connectivity index (χ2n) is 8.88. The highest BCUT2D eigenvalue weighted by Gasteiger charge is 2.66. The van der Waals surface area contributed by atoms with Crippen LogP contribution in [0.1, 0.15) is 29.8 Å². The van der Waals surface area contributed by atoms with Crippen molar-refractivity contribution in [1.29, 1.82) is 0 Å². The third-order valence-corrected chi connectivity index (χ3v) is 9.53. The van der Waals surface area contributed by atoms with E-state index in [1.54, 1.807) is 13.8 Å². The first kappa shape index (κ1) is 22.6. The minimum Gasteiger partial charge on any atom is -0.341 e. The molecule has 0 radical (unpaired) electrons. The monoisotopic (exact) mass is 499 g/mol. The minimum atomic E-state index is -4.37. The van der Waals surface area contributed by atoms with Crippen LogP contribution in [-0.4, -0.2) is 63.5 Å². The quantitative estimate of drug-likeness (QED) is 0.495. The normalized spacial score (nSPS) is 26.0. The Morgan fingerprint density at radius 2 is 1.68 bits per heavy atom. The standard InChI is InChI=1S/C23H21N3O6S2/c1-23(2)18(21(30)26-19(28)14-10-6-7-11-15(14)34(26,31)32)25-20(29)17(22(25)33-23)24-16(27)12-13-8-4-3-5-9-13/h3-11,17-18,22H,12H2,1-2H3,(H,24,27). The van der Waals surface area contributed by atoms with Gasteiger partial charge in [0.05, 0.1) is 12.0 Å². The smallest absolute Gasteiger partial charge is 0.276 e. The van der Waals surface area contributed by atoms with Crippen LogP contribution < -0.4 is 5.32 Å². The Labute approximate surface area is 200 Å². The lowest BCUT2D eigenvalue weighted by Gasteiger charge is -2.44. The lowest BCUT2D eigenvalue weighted by atomic mass is 9.95. The van der Waals surface area contributed by atoms with Gasteiger partial charge in [0.25, 0.3) is 21.8 Å². The van der Waals surface area contributed by atoms with Crippen molar-refractivity contribution in [2.24, 2.45) is 0 Å². The van der Waals surface area contributed by atoms with Gasteiger partial charge in [-0.05, 0) is 31.5 Å². The third-order valence-electron chi connectivity index (χ3n) is 6.22. The fourth-order valence-corrected chi connectivity index (χ4v) is 7.83. The Bertz CT molecular complexity index is 1340. The maximum absolute atomic E-state index is 13.5. The van der Waals surface area contributed by atoms with E-state index in [1.165, 1.54) is 40.9 Å². The van der Waals surface area contributed by atoms with Crippen molar-refractivity contribution in [1.82, 2.24) is 14.5 Å². The summed E-state index contributed by atoms with van der Waals surface area (Å²) in [5.74, 6) is -2.70. The first-order valence-corrected chi connectivity index (χ1v) is 12.9. The molecular formula is C23H21N3O6S2. The summed E-state index contributed by atoms with van der Waals surface area (Å²) >= 11 is 1.29. The van der Waals surface area contributed by atoms with Gasteiger partial charge < -0.3 is 10.2 Å². The van der Waals surface area contributed by atoms with Crippen LogP contribution in [0.15, 0.2) is 59.5 Å². The molecule has 0 bridgehead atoms. The van der Waals surface area contributed by atoms with E-state index in [0.717, 1.165) is 5.56 Å². The van der Waals surface area contributed by atoms with Gasteiger partial charge in [0, 0.05) is 4.75 Å². The van der Waals surface area contributed by atoms with Gasteiger partial charge in [0.15, 0.2) is 0 Å². The lowest BCUT2D eigenvalue weighted by Crippen LogP contribution is -2.71. The Morgan fingerprint density at radius 1 is 1.03 bits per heavy atom. The molecule has 176 valence electrons. The molecule has 3 aliphatic heterocycles. The highest BCUT2D eigenvalue weighted by atomic mass is 32.2. The van der Waals surface area contributed by atoms with Crippen LogP contribution in [0, 0.1) is 0 Å². The van der Waals surface area contributed by atoms with Gasteiger partial charge in [-0.3, -0.25) is 19.2 Å². The highest BCUT2D eigenvalue weighted by Crippen LogP contribution is 2.51. The Morgan fingerprint density at radius 3 is 2.35 bits per heavy atom. The SMILES string of the molecule is CC1(C)SC2C(NC(=O)Cc3ccccc3)C(=O)N2C1C(=O)N1C(=O)c2ccccc2S1(=O)=O. The number of fused-ring (bicyclic) bond motifs is 2. The van der Waals surface area contributed by atoms with E-state index in [4.69, 9.17) is 0 Å². The summed E-state index contributed by atoms with van der Waals surface area (Å²) in [6.07, 6.45) is 0.104. The van der Waals surface area contributed by atoms with Crippen molar-refractivity contribution in [2.75, 3.05) is 0 Å². The molecule has 11 heteroatoms. The summed E-state index contributed by atoms with van der Waals surface area (Å²) in [5.41, 5.74) is 0.727. The van der Waals surface area contributed by atoms with Crippen LogP contribution in [-0.2, 0) is 30.8 Å². The molecule has 1 N–H and O–H groups in total. The largest absolute Gasteiger partial charge is 0.341 e. The predicted molar refractivity (Wildman–Crippen MR) is 123 cm³/mol. The van der Waals surface area contributed by atoms with E-state index in [1.807, 2.05) is 30.3 Å². The third kappa shape index (κ3) is 3.25. The number of benzene rings is 2. The summed E-state index contributed by atoms with van der Waals surface area (Å²) in [6, 6.07) is 12.7. The van der Waals surface area contributed by atoms with Gasteiger partial charge >= 0.3 is 0 Å². The molecule has 2 aromatic rings. The lowest BCUT2D eigenvalue weighted by molar-refractivity contribution is -0.156. The zero-order valence-electron chi connectivity index (χ0n) is 18.3. The van der Waals surface area contributed by atoms with E-state index in [-0.39, 0.29) is 27.1 Å². The van der Waals surface area contributed by atoms with Crippen molar-refractivity contribution < 1.29 is 27.6 Å². The number of β-lactam (4-membered cyclic amide) rings is 1. The van der Waals surface area contributed by atoms with E-state index in [0.29, 0.717) is 0 Å². The van der Waals surface area contributed by atoms with Gasteiger partial charge in [-0.15, -0.1) is 11.8 Å². The van der Waals surface area contributed by atoms with Gasteiger partial charge in [-0.1, -0.05) is 42.5 Å². The van der Waals surface area contributed by atoms with E-state index >= 15 is 0 Å². The zero-order valence-corrected chi connectivity index (χ0v) is 19.9. The second kappa shape index (κ2) is 7.67. The Kier molecular flexibility index (Phi) is 5.10. The molecule has 4 amide bonds. The fraction of sp³-hybridized carbons (Fsp3) is 0.304. The summed E-state index contributed by atoms with van der Waals surface area (Å²) in [7, 11) is -4.37. The van der Waals surface area contributed by atoms with Gasteiger partial charge in [-0.2, -0.15) is 4.31 Å². The number of carbonyl (C=O) groups is 4. The average Bonchev–Trinajstić information content (AvgIpc) is 3.17. The molecular weight excluding hydrogens is 478 g/mol. The molecule has 3 heterocycles. The van der Waals surface area contributed by atoms with Gasteiger partial charge in [-0.25, -0.2) is 8.42 Å². The maximum Gasteiger partial charge on any atom is 0.276 e. The Balaban J connectivity index is 1.37. The zero-order chi connectivity index (χ0) is 24.4. The van der Waals surface area contributed by atoms with Crippen molar-refractivity contribution >= 4 is 45.4 Å². The van der Waals surface area contributed by atoms with Crippen LogP contribution in [0.3, 0.4) is 0 Å². The van der Waals surface area contributed by atoms with Crippen molar-refractivity contribution in [2.45, 2.75) is 47.4 Å². The predicted octanol–water partition coefficient (Wildman–Crippen LogP) is 1.15. The summed E-state index contributed by atoms with van der Waals surface area (Å²) in [5, 5.41) is 2.19. The average molecular weight is 500 g/mol. The molecule has 0 aliphatic carbocycles. The Hall–Kier alpha value is -3.18. The molecule has 5 rings (SSSR count). The molecule has 2 fully saturated rings. The topological polar surface area (TPSA) is 121 Å². The van der Waals surface area contributed by atoms with Crippen molar-refractivity contribution in [3.63, 3.8) is 0 Å². The number of hydrogen-bond acceptors (Lipinski definition) is 7. The van der Waals surface area contributed by atoms with Crippen LogP contribution in [0.5, 0.6) is 0 Å². The number of amides is 4. The first-order valence-electron chi connectivity index (χ1n) is 10.6. The molecule has 0 aromatic heterocycles. The number of nitrogens with zero attached hydrogens (tertiary/aromatic N) is 2.